The maximum atomic E-state index is 12.6. The van der Waals surface area contributed by atoms with Crippen molar-refractivity contribution in [3.8, 4) is 0 Å². The molecule has 1 aromatic carbocycles. The predicted molar refractivity (Wildman–Crippen MR) is 80.1 cm³/mol. The smallest absolute Gasteiger partial charge is 0.335 e. The van der Waals surface area contributed by atoms with Crippen LogP contribution in [0.4, 0.5) is 0 Å². The molecule has 2 rings (SSSR count). The minimum atomic E-state index is -3.94. The molecule has 0 amide bonds. The van der Waals surface area contributed by atoms with Crippen LogP contribution < -0.4 is 0 Å². The molecule has 0 radical (unpaired) electrons. The van der Waals surface area contributed by atoms with Gasteiger partial charge in [0.05, 0.1) is 22.0 Å². The van der Waals surface area contributed by atoms with Gasteiger partial charge in [0.1, 0.15) is 0 Å². The Hall–Kier alpha value is -1.45. The molecule has 9 heteroatoms. The number of rotatable bonds is 4. The summed E-state index contributed by atoms with van der Waals surface area (Å²) in [7, 11) is -5.83. The summed E-state index contributed by atoms with van der Waals surface area (Å²) in [5, 5.41) is 9.09. The van der Waals surface area contributed by atoms with Crippen LogP contribution in [0.3, 0.4) is 0 Å². The van der Waals surface area contributed by atoms with Gasteiger partial charge in [-0.3, -0.25) is 0 Å². The molecule has 1 fully saturated rings. The minimum Gasteiger partial charge on any atom is -0.478 e. The van der Waals surface area contributed by atoms with Crippen LogP contribution in [0.25, 0.3) is 0 Å². The number of nitrogens with zero attached hydrogens (tertiary/aromatic N) is 1. The van der Waals surface area contributed by atoms with Crippen LogP contribution >= 0.6 is 0 Å². The second kappa shape index (κ2) is 5.64. The van der Waals surface area contributed by atoms with E-state index in [2.05, 4.69) is 0 Å². The molecule has 1 aliphatic heterocycles. The van der Waals surface area contributed by atoms with Crippen molar-refractivity contribution in [3.05, 3.63) is 29.3 Å². The van der Waals surface area contributed by atoms with Gasteiger partial charge in [-0.1, -0.05) is 6.07 Å². The van der Waals surface area contributed by atoms with Crippen LogP contribution in [-0.4, -0.2) is 56.8 Å². The third-order valence-corrected chi connectivity index (χ3v) is 7.50. The topological polar surface area (TPSA) is 109 Å². The van der Waals surface area contributed by atoms with Crippen molar-refractivity contribution in [2.45, 2.75) is 24.3 Å². The third kappa shape index (κ3) is 3.16. The highest BCUT2D eigenvalue weighted by atomic mass is 32.2. The Balaban J connectivity index is 2.38. The minimum absolute atomic E-state index is 0.0359. The molecular formula is C13H17NO6S2. The van der Waals surface area contributed by atoms with Crippen LogP contribution in [-0.2, 0) is 19.9 Å². The maximum Gasteiger partial charge on any atom is 0.335 e. The first kappa shape index (κ1) is 16.9. The Morgan fingerprint density at radius 3 is 2.50 bits per heavy atom. The van der Waals surface area contributed by atoms with Crippen LogP contribution in [0.1, 0.15) is 22.3 Å². The monoisotopic (exact) mass is 347 g/mol. The van der Waals surface area contributed by atoms with E-state index in [1.54, 1.807) is 6.92 Å². The van der Waals surface area contributed by atoms with Crippen molar-refractivity contribution in [1.29, 1.82) is 0 Å². The molecule has 1 heterocycles. The van der Waals surface area contributed by atoms with E-state index < -0.39 is 31.9 Å². The van der Waals surface area contributed by atoms with Gasteiger partial charge in [0.15, 0.2) is 9.84 Å². The van der Waals surface area contributed by atoms with Gasteiger partial charge < -0.3 is 5.11 Å². The highest BCUT2D eigenvalue weighted by Crippen LogP contribution is 2.24. The van der Waals surface area contributed by atoms with Crippen molar-refractivity contribution in [2.24, 2.45) is 0 Å². The summed E-state index contributed by atoms with van der Waals surface area (Å²) in [4.78, 5) is 11.0. The fourth-order valence-corrected chi connectivity index (χ4v) is 5.70. The lowest BCUT2D eigenvalue weighted by molar-refractivity contribution is 0.0696. The van der Waals surface area contributed by atoms with E-state index >= 15 is 0 Å². The Morgan fingerprint density at radius 2 is 2.00 bits per heavy atom. The first-order valence-corrected chi connectivity index (χ1v) is 9.83. The first-order chi connectivity index (χ1) is 10.0. The quantitative estimate of drug-likeness (QED) is 0.849. The van der Waals surface area contributed by atoms with Crippen LogP contribution in [0.5, 0.6) is 0 Å². The second-order valence-electron chi connectivity index (χ2n) is 5.36. The van der Waals surface area contributed by atoms with E-state index in [-0.39, 0.29) is 28.4 Å². The van der Waals surface area contributed by atoms with Crippen molar-refractivity contribution >= 4 is 25.8 Å². The summed E-state index contributed by atoms with van der Waals surface area (Å²) in [5.41, 5.74) is 0.367. The molecule has 0 aliphatic carbocycles. The van der Waals surface area contributed by atoms with Crippen molar-refractivity contribution in [2.75, 3.05) is 18.6 Å². The highest BCUT2D eigenvalue weighted by Gasteiger charge is 2.36. The number of carbonyl (C=O) groups is 1. The summed E-state index contributed by atoms with van der Waals surface area (Å²) in [6.07, 6.45) is 0.246. The number of aromatic carboxylic acids is 1. The highest BCUT2D eigenvalue weighted by molar-refractivity contribution is 7.92. The Kier molecular flexibility index (Phi) is 4.33. The third-order valence-electron chi connectivity index (χ3n) is 3.84. The second-order valence-corrected chi connectivity index (χ2v) is 9.59. The SMILES string of the molecule is Cc1ccc(S(=O)(=O)N(C)C2CCS(=O)(=O)C2)cc1C(=O)O. The summed E-state index contributed by atoms with van der Waals surface area (Å²) < 4.78 is 49.1. The fraction of sp³-hybridized carbons (Fsp3) is 0.462. The van der Waals surface area contributed by atoms with Crippen molar-refractivity contribution in [1.82, 2.24) is 4.31 Å². The Bertz CT molecular complexity index is 813. The van der Waals surface area contributed by atoms with E-state index in [1.807, 2.05) is 0 Å². The molecule has 1 unspecified atom stereocenters. The standard InChI is InChI=1S/C13H17NO6S2/c1-9-3-4-11(7-12(9)13(15)16)22(19,20)14(2)10-5-6-21(17,18)8-10/h3-4,7,10H,5-6,8H2,1-2H3,(H,15,16). The molecule has 1 atom stereocenters. The lowest BCUT2D eigenvalue weighted by atomic mass is 10.1. The fourth-order valence-electron chi connectivity index (χ4n) is 2.42. The van der Waals surface area contributed by atoms with E-state index in [9.17, 15) is 21.6 Å². The largest absolute Gasteiger partial charge is 0.478 e. The molecule has 0 aromatic heterocycles. The maximum absolute atomic E-state index is 12.6. The van der Waals surface area contributed by atoms with Gasteiger partial charge in [-0.25, -0.2) is 21.6 Å². The summed E-state index contributed by atoms with van der Waals surface area (Å²) in [6, 6.07) is 3.24. The first-order valence-electron chi connectivity index (χ1n) is 6.57. The van der Waals surface area contributed by atoms with Crippen LogP contribution in [0, 0.1) is 6.92 Å². The number of carboxylic acid groups (broad SMARTS) is 1. The van der Waals surface area contributed by atoms with Gasteiger partial charge in [-0.05, 0) is 31.0 Å². The van der Waals surface area contributed by atoms with Crippen molar-refractivity contribution in [3.63, 3.8) is 0 Å². The lowest BCUT2D eigenvalue weighted by Crippen LogP contribution is -2.37. The molecule has 122 valence electrons. The van der Waals surface area contributed by atoms with Gasteiger partial charge in [-0.2, -0.15) is 4.31 Å². The number of sulfone groups is 1. The Labute approximate surface area is 129 Å². The number of hydrogen-bond donors (Lipinski definition) is 1. The van der Waals surface area contributed by atoms with E-state index in [0.717, 1.165) is 10.4 Å². The number of sulfonamides is 1. The number of hydrogen-bond acceptors (Lipinski definition) is 5. The zero-order chi connectivity index (χ0) is 16.7. The normalized spacial score (nSPS) is 21.1. The molecule has 22 heavy (non-hydrogen) atoms. The molecule has 0 saturated carbocycles. The number of aryl methyl sites for hydroxylation is 1. The molecule has 0 bridgehead atoms. The van der Waals surface area contributed by atoms with Gasteiger partial charge in [0, 0.05) is 13.1 Å². The lowest BCUT2D eigenvalue weighted by Gasteiger charge is -2.23. The van der Waals surface area contributed by atoms with E-state index in [0.29, 0.717) is 5.56 Å². The number of benzene rings is 1. The molecule has 1 N–H and O–H groups in total. The average molecular weight is 347 g/mol. The predicted octanol–water partition coefficient (Wildman–Crippen LogP) is 0.501. The molecule has 7 nitrogen and oxygen atoms in total. The van der Waals surface area contributed by atoms with Gasteiger partial charge in [-0.15, -0.1) is 0 Å². The number of carboxylic acids is 1. The van der Waals surface area contributed by atoms with E-state index in [4.69, 9.17) is 5.11 Å². The Morgan fingerprint density at radius 1 is 1.36 bits per heavy atom. The van der Waals surface area contributed by atoms with Crippen LogP contribution in [0.2, 0.25) is 0 Å². The molecule has 1 aromatic rings. The molecule has 0 spiro atoms. The van der Waals surface area contributed by atoms with Crippen LogP contribution in [0.15, 0.2) is 23.1 Å². The van der Waals surface area contributed by atoms with Gasteiger partial charge in [0.2, 0.25) is 10.0 Å². The summed E-state index contributed by atoms with van der Waals surface area (Å²) >= 11 is 0. The van der Waals surface area contributed by atoms with Gasteiger partial charge >= 0.3 is 5.97 Å². The average Bonchev–Trinajstić information content (AvgIpc) is 2.78. The van der Waals surface area contributed by atoms with Gasteiger partial charge in [0.25, 0.3) is 0 Å². The summed E-state index contributed by atoms with van der Waals surface area (Å²) in [5.74, 6) is -1.45. The van der Waals surface area contributed by atoms with E-state index in [1.165, 1.54) is 19.2 Å². The zero-order valence-electron chi connectivity index (χ0n) is 12.2. The molecule has 1 saturated heterocycles. The molecule has 1 aliphatic rings. The van der Waals surface area contributed by atoms with Crippen molar-refractivity contribution < 1.29 is 26.7 Å². The molecular weight excluding hydrogens is 330 g/mol. The zero-order valence-corrected chi connectivity index (χ0v) is 13.8. The summed E-state index contributed by atoms with van der Waals surface area (Å²) in [6.45, 7) is 1.58.